The van der Waals surface area contributed by atoms with Crippen LogP contribution in [0.15, 0.2) is 43.2 Å². The number of aryl methyl sites for hydroxylation is 1. The van der Waals surface area contributed by atoms with Crippen molar-refractivity contribution in [1.29, 1.82) is 0 Å². The third-order valence-electron chi connectivity index (χ3n) is 1.95. The molecule has 0 saturated heterocycles. The summed E-state index contributed by atoms with van der Waals surface area (Å²) in [7, 11) is 0. The van der Waals surface area contributed by atoms with E-state index in [9.17, 15) is 0 Å². The Morgan fingerprint density at radius 3 is 2.86 bits per heavy atom. The van der Waals surface area contributed by atoms with Crippen molar-refractivity contribution in [3.8, 4) is 5.75 Å². The lowest BCUT2D eigenvalue weighted by Gasteiger charge is -2.09. The normalized spacial score (nSPS) is 9.50. The fourth-order valence-corrected chi connectivity index (χ4v) is 1.07. The second-order valence-electron chi connectivity index (χ2n) is 3.00. The number of anilines is 1. The molecule has 74 valence electrons. The molecule has 0 aromatic heterocycles. The van der Waals surface area contributed by atoms with Gasteiger partial charge in [0.15, 0.2) is 5.75 Å². The lowest BCUT2D eigenvalue weighted by molar-refractivity contribution is 0.449. The molecule has 0 radical (unpaired) electrons. The second-order valence-corrected chi connectivity index (χ2v) is 3.00. The molecule has 0 unspecified atom stereocenters. The van der Waals surface area contributed by atoms with Crippen molar-refractivity contribution < 1.29 is 4.74 Å². The summed E-state index contributed by atoms with van der Waals surface area (Å²) >= 11 is 0. The minimum absolute atomic E-state index is 0.505. The van der Waals surface area contributed by atoms with Crippen molar-refractivity contribution in [3.63, 3.8) is 0 Å². The van der Waals surface area contributed by atoms with Gasteiger partial charge in [0, 0.05) is 0 Å². The van der Waals surface area contributed by atoms with E-state index in [0.717, 1.165) is 6.42 Å². The third-order valence-corrected chi connectivity index (χ3v) is 1.95. The average Bonchev–Trinajstić information content (AvgIpc) is 2.21. The van der Waals surface area contributed by atoms with E-state index in [1.807, 2.05) is 18.2 Å². The second kappa shape index (κ2) is 4.51. The summed E-state index contributed by atoms with van der Waals surface area (Å²) in [5, 5.41) is 0. The van der Waals surface area contributed by atoms with Crippen LogP contribution in [0.25, 0.3) is 0 Å². The Morgan fingerprint density at radius 2 is 2.29 bits per heavy atom. The van der Waals surface area contributed by atoms with Gasteiger partial charge in [0.05, 0.1) is 5.69 Å². The minimum atomic E-state index is 0.505. The summed E-state index contributed by atoms with van der Waals surface area (Å²) in [6.45, 7) is 9.31. The van der Waals surface area contributed by atoms with E-state index in [1.165, 1.54) is 5.56 Å². The predicted molar refractivity (Wildman–Crippen MR) is 60.2 cm³/mol. The number of rotatable bonds is 4. The molecule has 0 aliphatic heterocycles. The van der Waals surface area contributed by atoms with Crippen LogP contribution in [0, 0.1) is 0 Å². The predicted octanol–water partition coefficient (Wildman–Crippen LogP) is 2.91. The zero-order chi connectivity index (χ0) is 10.6. The maximum absolute atomic E-state index is 5.75. The van der Waals surface area contributed by atoms with Gasteiger partial charge in [-0.3, -0.25) is 0 Å². The number of ether oxygens (including phenoxy) is 1. The van der Waals surface area contributed by atoms with Gasteiger partial charge in [0.25, 0.3) is 0 Å². The SMILES string of the molecule is C=CC(=C)Oc1cc(CC)ccc1N. The molecule has 0 bridgehead atoms. The molecule has 0 aliphatic carbocycles. The fraction of sp³-hybridized carbons (Fsp3) is 0.167. The summed E-state index contributed by atoms with van der Waals surface area (Å²) in [6.07, 6.45) is 2.51. The highest BCUT2D eigenvalue weighted by molar-refractivity contribution is 5.54. The van der Waals surface area contributed by atoms with Gasteiger partial charge < -0.3 is 10.5 Å². The summed E-state index contributed by atoms with van der Waals surface area (Å²) in [5.74, 6) is 1.15. The van der Waals surface area contributed by atoms with Crippen LogP contribution < -0.4 is 10.5 Å². The molecule has 2 nitrogen and oxygen atoms in total. The van der Waals surface area contributed by atoms with Gasteiger partial charge in [0.1, 0.15) is 5.76 Å². The van der Waals surface area contributed by atoms with Crippen LogP contribution in [-0.2, 0) is 6.42 Å². The van der Waals surface area contributed by atoms with E-state index in [2.05, 4.69) is 20.1 Å². The summed E-state index contributed by atoms with van der Waals surface area (Å²) in [4.78, 5) is 0. The fourth-order valence-electron chi connectivity index (χ4n) is 1.07. The summed E-state index contributed by atoms with van der Waals surface area (Å²) < 4.78 is 5.40. The van der Waals surface area contributed by atoms with Crippen LogP contribution >= 0.6 is 0 Å². The summed E-state index contributed by atoms with van der Waals surface area (Å²) in [5.41, 5.74) is 7.55. The number of benzene rings is 1. The smallest absolute Gasteiger partial charge is 0.150 e. The molecule has 0 aliphatic rings. The van der Waals surface area contributed by atoms with Crippen LogP contribution in [0.2, 0.25) is 0 Å². The van der Waals surface area contributed by atoms with Crippen molar-refractivity contribution in [1.82, 2.24) is 0 Å². The first-order chi connectivity index (χ1) is 6.67. The van der Waals surface area contributed by atoms with Crippen molar-refractivity contribution in [3.05, 3.63) is 48.8 Å². The lowest BCUT2D eigenvalue weighted by Crippen LogP contribution is -1.96. The van der Waals surface area contributed by atoms with Gasteiger partial charge >= 0.3 is 0 Å². The first kappa shape index (κ1) is 10.4. The highest BCUT2D eigenvalue weighted by Crippen LogP contribution is 2.24. The molecule has 0 fully saturated rings. The quantitative estimate of drug-likeness (QED) is 0.449. The summed E-state index contributed by atoms with van der Waals surface area (Å²) in [6, 6.07) is 5.74. The van der Waals surface area contributed by atoms with Crippen LogP contribution in [0.1, 0.15) is 12.5 Å². The number of nitrogens with two attached hydrogens (primary N) is 1. The van der Waals surface area contributed by atoms with Crippen molar-refractivity contribution in [2.75, 3.05) is 5.73 Å². The standard InChI is InChI=1S/C12H15NO/c1-4-9(3)14-12-8-10(5-2)6-7-11(12)13/h4,6-8H,1,3,5,13H2,2H3. The van der Waals surface area contributed by atoms with Gasteiger partial charge in [0.2, 0.25) is 0 Å². The maximum atomic E-state index is 5.75. The highest BCUT2D eigenvalue weighted by atomic mass is 16.5. The Labute approximate surface area is 84.7 Å². The van der Waals surface area contributed by atoms with E-state index in [0.29, 0.717) is 17.2 Å². The van der Waals surface area contributed by atoms with E-state index >= 15 is 0 Å². The highest BCUT2D eigenvalue weighted by Gasteiger charge is 2.02. The molecular weight excluding hydrogens is 174 g/mol. The Hall–Kier alpha value is -1.70. The minimum Gasteiger partial charge on any atom is -0.456 e. The Bertz CT molecular complexity index is 355. The molecule has 1 aromatic rings. The molecule has 2 N–H and O–H groups in total. The van der Waals surface area contributed by atoms with Crippen molar-refractivity contribution in [2.45, 2.75) is 13.3 Å². The molecule has 0 heterocycles. The van der Waals surface area contributed by atoms with Crippen LogP contribution in [0.5, 0.6) is 5.75 Å². The van der Waals surface area contributed by atoms with Crippen LogP contribution in [0.4, 0.5) is 5.69 Å². The van der Waals surface area contributed by atoms with Gasteiger partial charge in [-0.25, -0.2) is 0 Å². The molecule has 0 amide bonds. The van der Waals surface area contributed by atoms with Gasteiger partial charge in [-0.2, -0.15) is 0 Å². The number of hydrogen-bond donors (Lipinski definition) is 1. The van der Waals surface area contributed by atoms with Gasteiger partial charge in [-0.05, 0) is 30.2 Å². The molecule has 0 saturated carbocycles. The molecule has 14 heavy (non-hydrogen) atoms. The van der Waals surface area contributed by atoms with Crippen LogP contribution in [0.3, 0.4) is 0 Å². The molecule has 2 heteroatoms. The van der Waals surface area contributed by atoms with E-state index < -0.39 is 0 Å². The maximum Gasteiger partial charge on any atom is 0.150 e. The number of allylic oxidation sites excluding steroid dienone is 1. The monoisotopic (exact) mass is 189 g/mol. The van der Waals surface area contributed by atoms with Gasteiger partial charge in [-0.15, -0.1) is 0 Å². The van der Waals surface area contributed by atoms with E-state index in [4.69, 9.17) is 10.5 Å². The topological polar surface area (TPSA) is 35.2 Å². The average molecular weight is 189 g/mol. The molecule has 0 spiro atoms. The van der Waals surface area contributed by atoms with E-state index in [1.54, 1.807) is 6.08 Å². The van der Waals surface area contributed by atoms with Crippen molar-refractivity contribution in [2.24, 2.45) is 0 Å². The molecule has 1 rings (SSSR count). The molecular formula is C12H15NO. The Kier molecular flexibility index (Phi) is 3.35. The van der Waals surface area contributed by atoms with Gasteiger partial charge in [-0.1, -0.05) is 26.1 Å². The number of nitrogen functional groups attached to an aromatic ring is 1. The Balaban J connectivity index is 2.94. The largest absolute Gasteiger partial charge is 0.456 e. The first-order valence-electron chi connectivity index (χ1n) is 4.55. The molecule has 0 atom stereocenters. The van der Waals surface area contributed by atoms with Crippen LogP contribution in [-0.4, -0.2) is 0 Å². The zero-order valence-corrected chi connectivity index (χ0v) is 8.42. The number of hydrogen-bond acceptors (Lipinski definition) is 2. The third kappa shape index (κ3) is 2.39. The molecule has 1 aromatic carbocycles. The Morgan fingerprint density at radius 1 is 1.57 bits per heavy atom. The van der Waals surface area contributed by atoms with E-state index in [-0.39, 0.29) is 0 Å². The first-order valence-corrected chi connectivity index (χ1v) is 4.55. The zero-order valence-electron chi connectivity index (χ0n) is 8.42. The lowest BCUT2D eigenvalue weighted by atomic mass is 10.1. The van der Waals surface area contributed by atoms with Crippen molar-refractivity contribution >= 4 is 5.69 Å².